The van der Waals surface area contributed by atoms with E-state index in [2.05, 4.69) is 0 Å². The van der Waals surface area contributed by atoms with E-state index in [1.807, 2.05) is 13.8 Å². The zero-order valence-electron chi connectivity index (χ0n) is 7.52. The maximum Gasteiger partial charge on any atom is 0.416 e. The van der Waals surface area contributed by atoms with Crippen molar-refractivity contribution < 1.29 is 13.2 Å². The van der Waals surface area contributed by atoms with Crippen molar-refractivity contribution in [1.82, 2.24) is 0 Å². The van der Waals surface area contributed by atoms with Gasteiger partial charge in [-0.05, 0) is 12.8 Å². The summed E-state index contributed by atoms with van der Waals surface area (Å²) in [5, 5.41) is 0. The molecule has 0 spiro atoms. The van der Waals surface area contributed by atoms with Crippen molar-refractivity contribution in [3.63, 3.8) is 0 Å². The Morgan fingerprint density at radius 2 is 1.85 bits per heavy atom. The maximum atomic E-state index is 12.2. The van der Waals surface area contributed by atoms with Gasteiger partial charge < -0.3 is 0 Å². The summed E-state index contributed by atoms with van der Waals surface area (Å²) >= 11 is 0. The molecule has 0 aromatic heterocycles. The first-order valence-electron chi connectivity index (χ1n) is 4.05. The molecule has 0 fully saturated rings. The number of hydrogen-bond donors (Lipinski definition) is 0. The first-order chi connectivity index (χ1) is 5.91. The molecule has 0 aromatic carbocycles. The second kappa shape index (κ2) is 3.40. The molecule has 0 saturated heterocycles. The molecule has 0 radical (unpaired) electrons. The summed E-state index contributed by atoms with van der Waals surface area (Å²) in [6.07, 6.45) is 1.11. The van der Waals surface area contributed by atoms with E-state index >= 15 is 0 Å². The van der Waals surface area contributed by atoms with Crippen molar-refractivity contribution in [1.29, 1.82) is 0 Å². The van der Waals surface area contributed by atoms with Crippen LogP contribution < -0.4 is 0 Å². The topological polar surface area (TPSA) is 0 Å². The number of alkyl halides is 3. The van der Waals surface area contributed by atoms with Crippen molar-refractivity contribution in [3.05, 3.63) is 35.5 Å². The number of allylic oxidation sites excluding steroid dienone is 6. The van der Waals surface area contributed by atoms with Gasteiger partial charge in [0.1, 0.15) is 0 Å². The summed E-state index contributed by atoms with van der Waals surface area (Å²) in [5.41, 5.74) is 0.353. The van der Waals surface area contributed by atoms with Crippen LogP contribution in [0.5, 0.6) is 0 Å². The molecule has 0 unspecified atom stereocenters. The molecule has 13 heavy (non-hydrogen) atoms. The first kappa shape index (κ1) is 10.1. The lowest BCUT2D eigenvalue weighted by molar-refractivity contribution is -0.0881. The molecule has 1 rings (SSSR count). The second-order valence-electron chi connectivity index (χ2n) is 3.18. The maximum absolute atomic E-state index is 12.2. The quantitative estimate of drug-likeness (QED) is 0.544. The fraction of sp³-hybridized carbons (Fsp3) is 0.400. The zero-order valence-corrected chi connectivity index (χ0v) is 7.52. The predicted molar refractivity (Wildman–Crippen MR) is 46.2 cm³/mol. The van der Waals surface area contributed by atoms with Gasteiger partial charge in [-0.1, -0.05) is 36.8 Å². The van der Waals surface area contributed by atoms with Gasteiger partial charge in [0, 0.05) is 0 Å². The Morgan fingerprint density at radius 3 is 2.38 bits per heavy atom. The van der Waals surface area contributed by atoms with Gasteiger partial charge in [-0.2, -0.15) is 13.2 Å². The van der Waals surface area contributed by atoms with Crippen molar-refractivity contribution in [2.45, 2.75) is 20.0 Å². The second-order valence-corrected chi connectivity index (χ2v) is 3.18. The lowest BCUT2D eigenvalue weighted by atomic mass is 10.0. The zero-order chi connectivity index (χ0) is 10.1. The van der Waals surface area contributed by atoms with E-state index in [0.717, 1.165) is 17.7 Å². The molecule has 1 aliphatic carbocycles. The molecule has 72 valence electrons. The van der Waals surface area contributed by atoms with Gasteiger partial charge in [0.05, 0.1) is 5.57 Å². The van der Waals surface area contributed by atoms with Gasteiger partial charge in [0.2, 0.25) is 0 Å². The monoisotopic (exact) mass is 188 g/mol. The third-order valence-electron chi connectivity index (χ3n) is 2.14. The largest absolute Gasteiger partial charge is 0.416 e. The van der Waals surface area contributed by atoms with E-state index < -0.39 is 11.7 Å². The summed E-state index contributed by atoms with van der Waals surface area (Å²) in [4.78, 5) is 0. The Labute approximate surface area is 75.4 Å². The van der Waals surface area contributed by atoms with Crippen LogP contribution in [-0.4, -0.2) is 6.18 Å². The molecular weight excluding hydrogens is 177 g/mol. The van der Waals surface area contributed by atoms with Crippen LogP contribution >= 0.6 is 0 Å². The first-order valence-corrected chi connectivity index (χ1v) is 4.05. The van der Waals surface area contributed by atoms with E-state index in [1.54, 1.807) is 6.08 Å². The van der Waals surface area contributed by atoms with Crippen LogP contribution in [0, 0.1) is 5.92 Å². The highest BCUT2D eigenvalue weighted by Crippen LogP contribution is 2.29. The van der Waals surface area contributed by atoms with Crippen molar-refractivity contribution in [2.75, 3.05) is 0 Å². The van der Waals surface area contributed by atoms with Crippen LogP contribution in [0.15, 0.2) is 35.5 Å². The van der Waals surface area contributed by atoms with E-state index in [1.165, 1.54) is 6.08 Å². The molecule has 0 amide bonds. The summed E-state index contributed by atoms with van der Waals surface area (Å²) in [5.74, 6) is 0.0797. The van der Waals surface area contributed by atoms with Gasteiger partial charge in [0.15, 0.2) is 0 Å². The minimum Gasteiger partial charge on any atom is -0.166 e. The van der Waals surface area contributed by atoms with Crippen LogP contribution in [0.3, 0.4) is 0 Å². The summed E-state index contributed by atoms with van der Waals surface area (Å²) in [6.45, 7) is 3.69. The lowest BCUT2D eigenvalue weighted by Gasteiger charge is -2.05. The van der Waals surface area contributed by atoms with Crippen LogP contribution in [0.4, 0.5) is 13.2 Å². The van der Waals surface area contributed by atoms with E-state index in [9.17, 15) is 13.2 Å². The Hall–Kier alpha value is -0.990. The van der Waals surface area contributed by atoms with Gasteiger partial charge in [0.25, 0.3) is 0 Å². The van der Waals surface area contributed by atoms with Crippen LogP contribution in [0.1, 0.15) is 13.8 Å². The van der Waals surface area contributed by atoms with Crippen molar-refractivity contribution >= 4 is 0 Å². The van der Waals surface area contributed by atoms with E-state index in [0.29, 0.717) is 0 Å². The lowest BCUT2D eigenvalue weighted by Crippen LogP contribution is -2.09. The molecule has 1 atom stereocenters. The molecule has 0 nitrogen and oxygen atoms in total. The highest BCUT2D eigenvalue weighted by molar-refractivity contribution is 5.34. The molecule has 3 heteroatoms. The summed E-state index contributed by atoms with van der Waals surface area (Å²) < 4.78 is 36.7. The Morgan fingerprint density at radius 1 is 1.23 bits per heavy atom. The molecule has 0 heterocycles. The Balaban J connectivity index is 2.98. The van der Waals surface area contributed by atoms with E-state index in [4.69, 9.17) is 0 Å². The normalized spacial score (nSPS) is 23.6. The Bertz CT molecular complexity index is 279. The van der Waals surface area contributed by atoms with Gasteiger partial charge in [-0.3, -0.25) is 0 Å². The van der Waals surface area contributed by atoms with Crippen LogP contribution in [0.2, 0.25) is 0 Å². The van der Waals surface area contributed by atoms with Crippen molar-refractivity contribution in [3.8, 4) is 0 Å². The van der Waals surface area contributed by atoms with Crippen LogP contribution in [0.25, 0.3) is 0 Å². The molecule has 0 bridgehead atoms. The van der Waals surface area contributed by atoms with Gasteiger partial charge >= 0.3 is 6.18 Å². The van der Waals surface area contributed by atoms with E-state index in [-0.39, 0.29) is 5.92 Å². The minimum absolute atomic E-state index is 0.0797. The smallest absolute Gasteiger partial charge is 0.166 e. The minimum atomic E-state index is -4.24. The summed E-state index contributed by atoms with van der Waals surface area (Å²) in [6, 6.07) is 0. The average molecular weight is 188 g/mol. The summed E-state index contributed by atoms with van der Waals surface area (Å²) in [7, 11) is 0. The molecule has 0 aliphatic heterocycles. The average Bonchev–Trinajstić information content (AvgIpc) is 2.14. The molecule has 1 aliphatic rings. The fourth-order valence-corrected chi connectivity index (χ4v) is 1.02. The van der Waals surface area contributed by atoms with Crippen molar-refractivity contribution in [2.24, 2.45) is 5.92 Å². The fourth-order valence-electron chi connectivity index (χ4n) is 1.02. The standard InChI is InChI=1S/C10H11F3/c1-7-3-5-9(10(11,12)13)6-4-8(7)2/h3-7H,1-2H3/t7-/m1/s1. The van der Waals surface area contributed by atoms with Gasteiger partial charge in [-0.15, -0.1) is 0 Å². The van der Waals surface area contributed by atoms with Gasteiger partial charge in [-0.25, -0.2) is 0 Å². The highest BCUT2D eigenvalue weighted by Gasteiger charge is 2.31. The Kier molecular flexibility index (Phi) is 2.64. The molecule has 0 saturated carbocycles. The molecule has 0 N–H and O–H groups in total. The molecular formula is C10H11F3. The van der Waals surface area contributed by atoms with Crippen LogP contribution in [-0.2, 0) is 0 Å². The number of halogens is 3. The molecule has 0 aromatic rings. The predicted octanol–water partition coefficient (Wildman–Crippen LogP) is 3.63. The SMILES string of the molecule is CC1=CC=C(C(F)(F)F)C=C[C@H]1C. The highest BCUT2D eigenvalue weighted by atomic mass is 19.4. The number of rotatable bonds is 0. The third-order valence-corrected chi connectivity index (χ3v) is 2.14. The third kappa shape index (κ3) is 2.47. The number of hydrogen-bond acceptors (Lipinski definition) is 0.